The number of hydrogen-bond donors (Lipinski definition) is 2. The topological polar surface area (TPSA) is 69.6 Å². The van der Waals surface area contributed by atoms with Crippen LogP contribution in [0.3, 0.4) is 0 Å². The summed E-state index contributed by atoms with van der Waals surface area (Å²) in [5, 5.41) is 11.5. The molecule has 0 bridgehead atoms. The zero-order chi connectivity index (χ0) is 13.4. The first kappa shape index (κ1) is 15.6. The van der Waals surface area contributed by atoms with Gasteiger partial charge in [-0.25, -0.2) is 4.79 Å². The number of nitrogens with zero attached hydrogens (tertiary/aromatic N) is 1. The van der Waals surface area contributed by atoms with Crippen molar-refractivity contribution >= 4 is 11.9 Å². The number of amides is 1. The van der Waals surface area contributed by atoms with Crippen LogP contribution in [-0.4, -0.2) is 48.1 Å². The van der Waals surface area contributed by atoms with Gasteiger partial charge in [-0.1, -0.05) is 13.8 Å². The number of rotatable bonds is 7. The van der Waals surface area contributed by atoms with Crippen molar-refractivity contribution in [1.29, 1.82) is 0 Å². The fourth-order valence-electron chi connectivity index (χ4n) is 1.33. The maximum atomic E-state index is 11.6. The van der Waals surface area contributed by atoms with Gasteiger partial charge < -0.3 is 15.3 Å². The van der Waals surface area contributed by atoms with E-state index in [1.165, 1.54) is 13.8 Å². The number of aliphatic carboxylic acids is 1. The summed E-state index contributed by atoms with van der Waals surface area (Å²) in [5.74, 6) is -1.36. The van der Waals surface area contributed by atoms with Crippen LogP contribution in [0.25, 0.3) is 0 Å². The zero-order valence-electron chi connectivity index (χ0n) is 11.0. The Labute approximate surface area is 102 Å². The molecule has 2 N–H and O–H groups in total. The van der Waals surface area contributed by atoms with E-state index in [0.717, 1.165) is 19.6 Å². The molecule has 0 spiro atoms. The lowest BCUT2D eigenvalue weighted by molar-refractivity contribution is -0.133. The lowest BCUT2D eigenvalue weighted by Crippen LogP contribution is -2.35. The van der Waals surface area contributed by atoms with Crippen LogP contribution in [0.1, 0.15) is 27.7 Å². The molecule has 0 rings (SSSR count). The summed E-state index contributed by atoms with van der Waals surface area (Å²) in [5.41, 5.74) is 0.349. The second kappa shape index (κ2) is 7.84. The first-order valence-corrected chi connectivity index (χ1v) is 5.85. The van der Waals surface area contributed by atoms with Crippen LogP contribution in [0.15, 0.2) is 11.1 Å². The summed E-state index contributed by atoms with van der Waals surface area (Å²) in [4.78, 5) is 24.5. The Hall–Kier alpha value is -1.36. The van der Waals surface area contributed by atoms with Crippen LogP contribution >= 0.6 is 0 Å². The van der Waals surface area contributed by atoms with E-state index in [9.17, 15) is 9.59 Å². The van der Waals surface area contributed by atoms with Crippen molar-refractivity contribution in [1.82, 2.24) is 10.2 Å². The molecule has 0 aromatic rings. The van der Waals surface area contributed by atoms with Crippen molar-refractivity contribution in [3.63, 3.8) is 0 Å². The number of carboxylic acids is 1. The number of carbonyl (C=O) groups is 2. The molecule has 0 aromatic heterocycles. The Kier molecular flexibility index (Phi) is 7.21. The molecule has 0 aliphatic rings. The molecule has 0 radical (unpaired) electrons. The molecule has 0 aromatic carbocycles. The highest BCUT2D eigenvalue weighted by molar-refractivity contribution is 6.01. The summed E-state index contributed by atoms with van der Waals surface area (Å²) in [6, 6.07) is 0. The first-order chi connectivity index (χ1) is 7.93. The minimum absolute atomic E-state index is 0.0883. The highest BCUT2D eigenvalue weighted by Gasteiger charge is 2.12. The minimum atomic E-state index is -1.05. The van der Waals surface area contributed by atoms with Crippen molar-refractivity contribution in [2.75, 3.05) is 26.2 Å². The average molecular weight is 242 g/mol. The second-order valence-corrected chi connectivity index (χ2v) is 3.84. The molecule has 0 aliphatic heterocycles. The maximum Gasteiger partial charge on any atom is 0.331 e. The fraction of sp³-hybridized carbons (Fsp3) is 0.667. The summed E-state index contributed by atoms with van der Waals surface area (Å²) >= 11 is 0. The quantitative estimate of drug-likeness (QED) is 0.650. The van der Waals surface area contributed by atoms with Gasteiger partial charge >= 0.3 is 5.97 Å². The zero-order valence-corrected chi connectivity index (χ0v) is 11.0. The summed E-state index contributed by atoms with van der Waals surface area (Å²) < 4.78 is 0. The predicted molar refractivity (Wildman–Crippen MR) is 66.8 cm³/mol. The van der Waals surface area contributed by atoms with Gasteiger partial charge in [0, 0.05) is 24.2 Å². The third kappa shape index (κ3) is 5.49. The fourth-order valence-corrected chi connectivity index (χ4v) is 1.33. The minimum Gasteiger partial charge on any atom is -0.478 e. The van der Waals surface area contributed by atoms with E-state index in [1.54, 1.807) is 0 Å². The molecule has 0 aliphatic carbocycles. The Balaban J connectivity index is 4.20. The van der Waals surface area contributed by atoms with Gasteiger partial charge in [-0.05, 0) is 26.9 Å². The number of nitrogens with one attached hydrogen (secondary N) is 1. The molecule has 0 unspecified atom stereocenters. The molecule has 0 fully saturated rings. The number of likely N-dealkylation sites (N-methyl/N-ethyl adjacent to an activating group) is 1. The van der Waals surface area contributed by atoms with Crippen LogP contribution < -0.4 is 5.32 Å². The van der Waals surface area contributed by atoms with Gasteiger partial charge in [-0.3, -0.25) is 4.79 Å². The standard InChI is InChI=1S/C12H22N2O3/c1-5-14(6-2)8-7-13-11(15)9(3)10(4)12(16)17/h5-8H2,1-4H3,(H,13,15)(H,16,17). The van der Waals surface area contributed by atoms with E-state index in [0.29, 0.717) is 6.54 Å². The van der Waals surface area contributed by atoms with E-state index in [4.69, 9.17) is 5.11 Å². The Morgan fingerprint density at radius 2 is 1.65 bits per heavy atom. The van der Waals surface area contributed by atoms with E-state index in [1.807, 2.05) is 0 Å². The molecular weight excluding hydrogens is 220 g/mol. The van der Waals surface area contributed by atoms with Crippen LogP contribution in [0, 0.1) is 0 Å². The van der Waals surface area contributed by atoms with Crippen LogP contribution in [0.5, 0.6) is 0 Å². The Morgan fingerprint density at radius 3 is 2.06 bits per heavy atom. The summed E-state index contributed by atoms with van der Waals surface area (Å²) in [6.45, 7) is 10.3. The van der Waals surface area contributed by atoms with E-state index >= 15 is 0 Å². The monoisotopic (exact) mass is 242 g/mol. The van der Waals surface area contributed by atoms with E-state index < -0.39 is 5.97 Å². The molecular formula is C12H22N2O3. The molecule has 5 nitrogen and oxygen atoms in total. The molecule has 0 atom stereocenters. The lowest BCUT2D eigenvalue weighted by Gasteiger charge is -2.18. The maximum absolute atomic E-state index is 11.6. The average Bonchev–Trinajstić information content (AvgIpc) is 2.32. The molecule has 1 amide bonds. The Morgan fingerprint density at radius 1 is 1.12 bits per heavy atom. The third-order valence-corrected chi connectivity index (χ3v) is 2.83. The second-order valence-electron chi connectivity index (χ2n) is 3.84. The molecule has 0 saturated carbocycles. The third-order valence-electron chi connectivity index (χ3n) is 2.83. The Bertz CT molecular complexity index is 307. The van der Waals surface area contributed by atoms with Crippen LogP contribution in [-0.2, 0) is 9.59 Å². The highest BCUT2D eigenvalue weighted by atomic mass is 16.4. The van der Waals surface area contributed by atoms with E-state index in [2.05, 4.69) is 24.1 Å². The van der Waals surface area contributed by atoms with Gasteiger partial charge in [0.25, 0.3) is 0 Å². The predicted octanol–water partition coefficient (Wildman–Crippen LogP) is 0.865. The van der Waals surface area contributed by atoms with Gasteiger partial charge in [0.05, 0.1) is 0 Å². The molecule has 17 heavy (non-hydrogen) atoms. The normalized spacial score (nSPS) is 12.3. The lowest BCUT2D eigenvalue weighted by atomic mass is 10.1. The van der Waals surface area contributed by atoms with Crippen molar-refractivity contribution in [2.24, 2.45) is 0 Å². The van der Waals surface area contributed by atoms with Gasteiger partial charge in [0.15, 0.2) is 0 Å². The van der Waals surface area contributed by atoms with Crippen molar-refractivity contribution in [2.45, 2.75) is 27.7 Å². The summed E-state index contributed by atoms with van der Waals surface area (Å²) in [6.07, 6.45) is 0. The van der Waals surface area contributed by atoms with Gasteiger partial charge in [-0.2, -0.15) is 0 Å². The van der Waals surface area contributed by atoms with Crippen LogP contribution in [0.2, 0.25) is 0 Å². The molecule has 0 heterocycles. The van der Waals surface area contributed by atoms with Crippen molar-refractivity contribution in [3.05, 3.63) is 11.1 Å². The van der Waals surface area contributed by atoms with E-state index in [-0.39, 0.29) is 17.1 Å². The van der Waals surface area contributed by atoms with Gasteiger partial charge in [0.1, 0.15) is 0 Å². The largest absolute Gasteiger partial charge is 0.478 e. The molecule has 0 saturated heterocycles. The highest BCUT2D eigenvalue weighted by Crippen LogP contribution is 2.03. The smallest absolute Gasteiger partial charge is 0.331 e. The van der Waals surface area contributed by atoms with Crippen molar-refractivity contribution < 1.29 is 14.7 Å². The SMILES string of the molecule is CCN(CC)CCNC(=O)C(C)=C(C)C(=O)O. The van der Waals surface area contributed by atoms with Crippen LogP contribution in [0.4, 0.5) is 0 Å². The number of carbonyl (C=O) groups excluding carboxylic acids is 1. The number of carboxylic acid groups (broad SMARTS) is 1. The van der Waals surface area contributed by atoms with Gasteiger partial charge in [0.2, 0.25) is 5.91 Å². The first-order valence-electron chi connectivity index (χ1n) is 5.85. The van der Waals surface area contributed by atoms with Crippen molar-refractivity contribution in [3.8, 4) is 0 Å². The molecule has 5 heteroatoms. The number of hydrogen-bond acceptors (Lipinski definition) is 3. The van der Waals surface area contributed by atoms with Gasteiger partial charge in [-0.15, -0.1) is 0 Å². The molecule has 98 valence electrons. The summed E-state index contributed by atoms with van der Waals surface area (Å²) in [7, 11) is 0.